The third-order valence-electron chi connectivity index (χ3n) is 22.8. The van der Waals surface area contributed by atoms with Crippen molar-refractivity contribution in [2.24, 2.45) is 23.7 Å². The number of rotatable bonds is 20. The van der Waals surface area contributed by atoms with Gasteiger partial charge in [0, 0.05) is 82.8 Å². The van der Waals surface area contributed by atoms with Crippen molar-refractivity contribution in [3.05, 3.63) is 153 Å². The molecule has 656 valence electrons. The average molecular weight is 1790 g/mol. The van der Waals surface area contributed by atoms with Gasteiger partial charge in [0.05, 0.1) is 22.7 Å². The lowest BCUT2D eigenvalue weighted by atomic mass is 9.89. The predicted octanol–water partition coefficient (Wildman–Crippen LogP) is 12.0. The molecular formula is C84H93F6N25O6S4. The Balaban J connectivity index is 0.000000123. The van der Waals surface area contributed by atoms with Crippen LogP contribution in [0.15, 0.2) is 104 Å². The number of halogens is 6. The highest BCUT2D eigenvalue weighted by Gasteiger charge is 2.37. The Hall–Kier alpha value is -11.2. The quantitative estimate of drug-likeness (QED) is 0.0317. The fraction of sp³-hybridized carbons (Fsp3) is 0.429. The fourth-order valence-electron chi connectivity index (χ4n) is 16.4. The number of nitrogens with one attached hydrogen (secondary N) is 9. The van der Waals surface area contributed by atoms with E-state index in [9.17, 15) is 50.6 Å². The van der Waals surface area contributed by atoms with Crippen molar-refractivity contribution in [3.8, 4) is 5.75 Å². The zero-order chi connectivity index (χ0) is 86.9. The van der Waals surface area contributed by atoms with Crippen molar-refractivity contribution in [1.82, 2.24) is 102 Å². The summed E-state index contributed by atoms with van der Waals surface area (Å²) in [5.41, 5.74) is 6.92. The molecule has 4 saturated heterocycles. The standard InChI is InChI=1S/C24H30N6O2S.C21H24FN7OS.C20H21FN6OS.C19H18F4N6O2S/c1-24(2,32)11-16-13-30(18-6-4-3-5-17(16)18)20-19-22(28-14-27-20)33-23(29-19)21(31)26-12-15-7-9-25-10-8-15;1-28-8-9-29(15-3-2-14(22)10-16(15)28)18-17-20(26-12-25-18)31-21(27-17)19(30)24-11-13-4-6-23-7-5-13;21-14-1-2-15-13(9-14)5-8-27(15)17-16-19(25-11-24-17)29-20(26-16)18(28)23-10-12-3-6-22-7-4-12;20-11-1-2-12(13(7-11)31-19(21,22)23)28-15-14-17(27-9-26-15)32-18(29-14)16(30)25-8-10-3-5-24-6-4-10/h3-6,14-16,25,32H,7-13H2,1-2H3,(H,26,31);2-3,10,12-13,23H,4-9,11H2,1H3,(H,24,30);1-2,9,11-12,22H,3-8,10H2,(H,23,28);1-2,7,9-10,24H,3-6,8H2,(H,25,30)(H,26,27,28). The maximum atomic E-state index is 13.8. The van der Waals surface area contributed by atoms with Crippen LogP contribution in [0.25, 0.3) is 41.4 Å². The van der Waals surface area contributed by atoms with E-state index in [-0.39, 0.29) is 63.2 Å². The molecule has 12 aromatic rings. The van der Waals surface area contributed by atoms with Crippen LogP contribution in [0.5, 0.6) is 5.75 Å². The van der Waals surface area contributed by atoms with Crippen LogP contribution in [0.2, 0.25) is 0 Å². The molecule has 0 aliphatic carbocycles. The minimum absolute atomic E-state index is 0.0577. The van der Waals surface area contributed by atoms with Gasteiger partial charge in [-0.2, -0.15) is 0 Å². The summed E-state index contributed by atoms with van der Waals surface area (Å²) >= 11 is 4.89. The number of carbonyl (C=O) groups excluding carboxylic acids is 4. The van der Waals surface area contributed by atoms with Gasteiger partial charge in [-0.15, -0.1) is 13.2 Å². The van der Waals surface area contributed by atoms with Gasteiger partial charge in [-0.25, -0.2) is 73.0 Å². The zero-order valence-electron chi connectivity index (χ0n) is 68.6. The number of alkyl halides is 3. The van der Waals surface area contributed by atoms with Crippen LogP contribution >= 0.6 is 45.3 Å². The number of likely N-dealkylation sites (N-methyl/N-ethyl adjacent to an activating group) is 1. The van der Waals surface area contributed by atoms with Crippen LogP contribution in [0.3, 0.4) is 0 Å². The molecule has 7 aliphatic heterocycles. The highest BCUT2D eigenvalue weighted by molar-refractivity contribution is 7.21. The minimum Gasteiger partial charge on any atom is -0.403 e. The van der Waals surface area contributed by atoms with Crippen LogP contribution in [0, 0.1) is 41.1 Å². The van der Waals surface area contributed by atoms with Gasteiger partial charge < -0.3 is 77.3 Å². The Kier molecular flexibility index (Phi) is 27.3. The van der Waals surface area contributed by atoms with Crippen LogP contribution in [0.4, 0.5) is 78.1 Å². The second kappa shape index (κ2) is 39.2. The molecule has 4 aromatic carbocycles. The summed E-state index contributed by atoms with van der Waals surface area (Å²) in [6.45, 7) is 16.8. The first-order chi connectivity index (χ1) is 60.5. The molecule has 0 radical (unpaired) electrons. The van der Waals surface area contributed by atoms with Crippen molar-refractivity contribution in [2.45, 2.75) is 95.9 Å². The number of thiazole rings is 4. The molecule has 125 heavy (non-hydrogen) atoms. The average Bonchev–Trinajstić information content (AvgIpc) is 1.62. The van der Waals surface area contributed by atoms with Gasteiger partial charge >= 0.3 is 6.36 Å². The second-order valence-electron chi connectivity index (χ2n) is 32.2. The number of hydrogen-bond acceptors (Lipinski definition) is 31. The third-order valence-corrected chi connectivity index (χ3v) is 26.6. The van der Waals surface area contributed by atoms with Crippen LogP contribution in [-0.4, -0.2) is 212 Å². The lowest BCUT2D eigenvalue weighted by molar-refractivity contribution is -0.274. The number of amides is 4. The van der Waals surface area contributed by atoms with Gasteiger partial charge in [0.2, 0.25) is 0 Å². The van der Waals surface area contributed by atoms with E-state index in [1.54, 1.807) is 24.5 Å². The normalized spacial score (nSPS) is 17.1. The summed E-state index contributed by atoms with van der Waals surface area (Å²) in [5, 5.41) is 39.7. The smallest absolute Gasteiger partial charge is 0.403 e. The predicted molar refractivity (Wildman–Crippen MR) is 470 cm³/mol. The summed E-state index contributed by atoms with van der Waals surface area (Å²) in [6.07, 6.45) is 10.5. The number of aromatic nitrogens is 12. The molecule has 8 aromatic heterocycles. The molecule has 7 aliphatic rings. The van der Waals surface area contributed by atoms with E-state index in [0.717, 1.165) is 168 Å². The van der Waals surface area contributed by atoms with E-state index in [4.69, 9.17) is 0 Å². The maximum absolute atomic E-state index is 13.8. The SMILES string of the molecule is CC(C)(O)CC1CN(c2ncnc3sc(C(=O)NCC4CCNCC4)nc23)c2ccccc21.CN1CCN(c2ncnc3sc(C(=O)NCC4CCNCC4)nc23)c2ccc(F)cc21.O=C(NCC1CCNCC1)c1nc2c(N3CCc4cc(F)ccc43)ncnc2s1.O=C(NCC1CCNCC1)c1nc2c(Nc3ccc(F)cc3OC(F)(F)F)ncnc2s1. The molecular weight excluding hydrogens is 1700 g/mol. The Morgan fingerprint density at radius 1 is 0.472 bits per heavy atom. The molecule has 41 heteroatoms. The molecule has 0 spiro atoms. The number of benzene rings is 4. The molecule has 10 N–H and O–H groups in total. The molecule has 31 nitrogen and oxygen atoms in total. The maximum Gasteiger partial charge on any atom is 0.573 e. The lowest BCUT2D eigenvalue weighted by Gasteiger charge is -2.36. The van der Waals surface area contributed by atoms with Crippen LogP contribution in [-0.2, 0) is 6.42 Å². The highest BCUT2D eigenvalue weighted by atomic mass is 32.1. The van der Waals surface area contributed by atoms with Crippen molar-refractivity contribution in [3.63, 3.8) is 0 Å². The molecule has 4 amide bonds. The number of aliphatic hydroxyl groups is 1. The van der Waals surface area contributed by atoms with Gasteiger partial charge in [0.15, 0.2) is 49.1 Å². The third kappa shape index (κ3) is 21.3. The summed E-state index contributed by atoms with van der Waals surface area (Å²) < 4.78 is 82.8. The van der Waals surface area contributed by atoms with Gasteiger partial charge in [-0.3, -0.25) is 19.2 Å². The van der Waals surface area contributed by atoms with Crippen molar-refractivity contribution in [1.29, 1.82) is 0 Å². The van der Waals surface area contributed by atoms with E-state index in [2.05, 4.69) is 129 Å². The summed E-state index contributed by atoms with van der Waals surface area (Å²) in [5.74, 6) is 1.12. The van der Waals surface area contributed by atoms with Crippen LogP contribution < -0.4 is 72.2 Å². The number of fused-ring (bicyclic) bond motifs is 7. The number of nitrogens with zero attached hydrogens (tertiary/aromatic N) is 16. The van der Waals surface area contributed by atoms with E-state index in [1.165, 1.54) is 76.8 Å². The zero-order valence-corrected chi connectivity index (χ0v) is 71.9. The number of piperidine rings is 4. The van der Waals surface area contributed by atoms with Gasteiger partial charge in [-0.1, -0.05) is 63.5 Å². The molecule has 15 heterocycles. The number of ether oxygens (including phenoxy) is 1. The number of anilines is 9. The number of carbonyl (C=O) groups is 4. The first kappa shape index (κ1) is 87.3. The van der Waals surface area contributed by atoms with E-state index < -0.39 is 23.5 Å². The van der Waals surface area contributed by atoms with E-state index in [1.807, 2.05) is 47.7 Å². The second-order valence-corrected chi connectivity index (χ2v) is 36.1. The van der Waals surface area contributed by atoms with Crippen LogP contribution in [0.1, 0.15) is 128 Å². The van der Waals surface area contributed by atoms with E-state index in [0.29, 0.717) is 150 Å². The van der Waals surface area contributed by atoms with Gasteiger partial charge in [-0.05, 0) is 220 Å². The van der Waals surface area contributed by atoms with E-state index >= 15 is 0 Å². The first-order valence-corrected chi connectivity index (χ1v) is 44.9. The first-order valence-electron chi connectivity index (χ1n) is 41.6. The van der Waals surface area contributed by atoms with Gasteiger partial charge in [0.25, 0.3) is 23.6 Å². The Labute approximate surface area is 730 Å². The highest BCUT2D eigenvalue weighted by Crippen LogP contribution is 2.47. The molecule has 4 fully saturated rings. The minimum atomic E-state index is -5.01. The van der Waals surface area contributed by atoms with Gasteiger partial charge in [0.1, 0.15) is 84.1 Å². The largest absolute Gasteiger partial charge is 0.573 e. The number of para-hydroxylation sites is 1. The Morgan fingerprint density at radius 2 is 0.880 bits per heavy atom. The summed E-state index contributed by atoms with van der Waals surface area (Å²) in [4.78, 5) is 114. The Morgan fingerprint density at radius 3 is 1.35 bits per heavy atom. The molecule has 19 rings (SSSR count). The molecule has 1 unspecified atom stereocenters. The van der Waals surface area contributed by atoms with Crippen molar-refractivity contribution < 1.29 is 55.4 Å². The number of hydrogen-bond donors (Lipinski definition) is 10. The summed E-state index contributed by atoms with van der Waals surface area (Å²) in [6, 6.07) is 20.4. The molecule has 1 atom stereocenters. The van der Waals surface area contributed by atoms with Crippen molar-refractivity contribution >= 4 is 162 Å². The molecule has 0 saturated carbocycles. The topological polar surface area (TPSA) is 374 Å². The monoisotopic (exact) mass is 1790 g/mol. The Bertz CT molecular complexity index is 5860. The molecule has 0 bridgehead atoms. The summed E-state index contributed by atoms with van der Waals surface area (Å²) in [7, 11) is 1.94. The van der Waals surface area contributed by atoms with Crippen molar-refractivity contribution in [2.75, 3.05) is 137 Å². The lowest BCUT2D eigenvalue weighted by Crippen LogP contribution is -2.37. The fourth-order valence-corrected chi connectivity index (χ4v) is 19.7.